The fraction of sp³-hybridized carbons (Fsp3) is 0.516. The zero-order valence-electron chi connectivity index (χ0n) is 21.8. The normalized spacial score (nSPS) is 22.8. The number of amides is 1. The van der Waals surface area contributed by atoms with Gasteiger partial charge in [0.15, 0.2) is 0 Å². The molecule has 2 heterocycles. The van der Waals surface area contributed by atoms with E-state index < -0.39 is 0 Å². The molecule has 5 heteroatoms. The van der Waals surface area contributed by atoms with Gasteiger partial charge in [0.05, 0.1) is 6.61 Å². The first-order chi connectivity index (χ1) is 17.5. The van der Waals surface area contributed by atoms with Gasteiger partial charge in [-0.15, -0.1) is 0 Å². The SMILES string of the molecule is Cc1ccc(-c2ccc3c(c2)C=C(C(=O)NC2CCC(CN(C)C4CCOCC4)CC2)CCO3)cc1. The van der Waals surface area contributed by atoms with Crippen LogP contribution in [0.1, 0.15) is 56.1 Å². The standard InChI is InChI=1S/C31H40N2O3/c1-22-3-7-24(8-4-22)25-9-12-30-27(19-25)20-26(13-18-36-30)31(34)32-28-10-5-23(6-11-28)21-33(2)29-14-16-35-17-15-29/h3-4,7-9,12,19-20,23,28-29H,5-6,10-11,13-18,21H2,1-2H3,(H,32,34). The van der Waals surface area contributed by atoms with Crippen molar-refractivity contribution in [1.29, 1.82) is 0 Å². The second kappa shape index (κ2) is 11.6. The maximum absolute atomic E-state index is 13.2. The number of hydrogen-bond donors (Lipinski definition) is 1. The Morgan fingerprint density at radius 1 is 0.944 bits per heavy atom. The van der Waals surface area contributed by atoms with Gasteiger partial charge in [0.2, 0.25) is 5.91 Å². The molecule has 0 unspecified atom stereocenters. The van der Waals surface area contributed by atoms with Crippen LogP contribution in [0.4, 0.5) is 0 Å². The summed E-state index contributed by atoms with van der Waals surface area (Å²) in [5.41, 5.74) is 5.36. The summed E-state index contributed by atoms with van der Waals surface area (Å²) >= 11 is 0. The zero-order valence-corrected chi connectivity index (χ0v) is 21.8. The van der Waals surface area contributed by atoms with Crippen molar-refractivity contribution in [3.05, 3.63) is 59.2 Å². The third kappa shape index (κ3) is 6.19. The number of carbonyl (C=O) groups excluding carboxylic acids is 1. The molecule has 5 rings (SSSR count). The summed E-state index contributed by atoms with van der Waals surface area (Å²) in [5.74, 6) is 1.64. The van der Waals surface area contributed by atoms with Crippen molar-refractivity contribution < 1.29 is 14.3 Å². The monoisotopic (exact) mass is 488 g/mol. The van der Waals surface area contributed by atoms with Crippen LogP contribution in [0.25, 0.3) is 17.2 Å². The summed E-state index contributed by atoms with van der Waals surface area (Å²) in [5, 5.41) is 3.34. The Balaban J connectivity index is 1.18. The minimum absolute atomic E-state index is 0.0648. The smallest absolute Gasteiger partial charge is 0.247 e. The molecule has 0 bridgehead atoms. The predicted octanol–water partition coefficient (Wildman–Crippen LogP) is 5.61. The van der Waals surface area contributed by atoms with E-state index in [0.29, 0.717) is 19.1 Å². The molecule has 2 aromatic rings. The molecule has 2 aromatic carbocycles. The van der Waals surface area contributed by atoms with E-state index in [4.69, 9.17) is 9.47 Å². The Labute approximate surface area is 215 Å². The van der Waals surface area contributed by atoms with Gasteiger partial charge < -0.3 is 19.7 Å². The first kappa shape index (κ1) is 25.0. The van der Waals surface area contributed by atoms with Crippen LogP contribution in [0.15, 0.2) is 48.0 Å². The van der Waals surface area contributed by atoms with Crippen molar-refractivity contribution >= 4 is 12.0 Å². The molecule has 3 aliphatic rings. The molecular weight excluding hydrogens is 448 g/mol. The van der Waals surface area contributed by atoms with Crippen LogP contribution >= 0.6 is 0 Å². The molecule has 1 N–H and O–H groups in total. The van der Waals surface area contributed by atoms with Crippen molar-refractivity contribution in [2.24, 2.45) is 5.92 Å². The molecular formula is C31H40N2O3. The lowest BCUT2D eigenvalue weighted by molar-refractivity contribution is -0.118. The van der Waals surface area contributed by atoms with Gasteiger partial charge in [-0.25, -0.2) is 0 Å². The van der Waals surface area contributed by atoms with Gasteiger partial charge in [-0.05, 0) is 87.7 Å². The van der Waals surface area contributed by atoms with Crippen LogP contribution < -0.4 is 10.1 Å². The van der Waals surface area contributed by atoms with Gasteiger partial charge in [-0.3, -0.25) is 4.79 Å². The van der Waals surface area contributed by atoms with E-state index in [1.54, 1.807) is 0 Å². The maximum atomic E-state index is 13.2. The van der Waals surface area contributed by atoms with Crippen molar-refractivity contribution in [2.45, 2.75) is 64.0 Å². The van der Waals surface area contributed by atoms with Crippen LogP contribution in [0, 0.1) is 12.8 Å². The topological polar surface area (TPSA) is 50.8 Å². The third-order valence-corrected chi connectivity index (χ3v) is 8.19. The second-order valence-electron chi connectivity index (χ2n) is 10.9. The largest absolute Gasteiger partial charge is 0.493 e. The molecule has 5 nitrogen and oxygen atoms in total. The van der Waals surface area contributed by atoms with Crippen LogP contribution in [0.2, 0.25) is 0 Å². The highest BCUT2D eigenvalue weighted by atomic mass is 16.5. The minimum Gasteiger partial charge on any atom is -0.493 e. The van der Waals surface area contributed by atoms with Crippen molar-refractivity contribution in [3.8, 4) is 16.9 Å². The van der Waals surface area contributed by atoms with E-state index in [-0.39, 0.29) is 11.9 Å². The molecule has 1 saturated heterocycles. The predicted molar refractivity (Wildman–Crippen MR) is 145 cm³/mol. The van der Waals surface area contributed by atoms with Crippen molar-refractivity contribution in [2.75, 3.05) is 33.4 Å². The van der Waals surface area contributed by atoms with Gasteiger partial charge in [0.1, 0.15) is 5.75 Å². The summed E-state index contributed by atoms with van der Waals surface area (Å²) in [4.78, 5) is 15.8. The first-order valence-electron chi connectivity index (χ1n) is 13.7. The molecule has 1 saturated carbocycles. The number of nitrogens with zero attached hydrogens (tertiary/aromatic N) is 1. The molecule has 0 aromatic heterocycles. The molecule has 1 amide bonds. The summed E-state index contributed by atoms with van der Waals surface area (Å²) in [7, 11) is 2.27. The average Bonchev–Trinajstić information content (AvgIpc) is 3.13. The van der Waals surface area contributed by atoms with E-state index in [1.807, 2.05) is 12.1 Å². The van der Waals surface area contributed by atoms with Crippen molar-refractivity contribution in [1.82, 2.24) is 10.2 Å². The first-order valence-corrected chi connectivity index (χ1v) is 13.7. The lowest BCUT2D eigenvalue weighted by Crippen LogP contribution is -2.42. The van der Waals surface area contributed by atoms with Crippen LogP contribution in [-0.4, -0.2) is 56.3 Å². The van der Waals surface area contributed by atoms with Crippen molar-refractivity contribution in [3.63, 3.8) is 0 Å². The second-order valence-corrected chi connectivity index (χ2v) is 10.9. The van der Waals surface area contributed by atoms with Crippen LogP contribution in [0.3, 0.4) is 0 Å². The lowest BCUT2D eigenvalue weighted by atomic mass is 9.85. The van der Waals surface area contributed by atoms with E-state index >= 15 is 0 Å². The average molecular weight is 489 g/mol. The highest BCUT2D eigenvalue weighted by molar-refractivity contribution is 5.98. The summed E-state index contributed by atoms with van der Waals surface area (Å²) in [6, 6.07) is 15.7. The summed E-state index contributed by atoms with van der Waals surface area (Å²) < 4.78 is 11.5. The lowest BCUT2D eigenvalue weighted by Gasteiger charge is -2.36. The Morgan fingerprint density at radius 3 is 2.42 bits per heavy atom. The molecule has 36 heavy (non-hydrogen) atoms. The van der Waals surface area contributed by atoms with E-state index in [2.05, 4.69) is 60.6 Å². The number of nitrogens with one attached hydrogen (secondary N) is 1. The molecule has 0 radical (unpaired) electrons. The number of benzene rings is 2. The number of aryl methyl sites for hydroxylation is 1. The number of carbonyl (C=O) groups is 1. The fourth-order valence-electron chi connectivity index (χ4n) is 5.88. The van der Waals surface area contributed by atoms with Crippen LogP contribution in [0.5, 0.6) is 5.75 Å². The quantitative estimate of drug-likeness (QED) is 0.574. The summed E-state index contributed by atoms with van der Waals surface area (Å²) in [6.45, 7) is 5.58. The maximum Gasteiger partial charge on any atom is 0.247 e. The van der Waals surface area contributed by atoms with E-state index in [9.17, 15) is 4.79 Å². The molecule has 0 atom stereocenters. The highest BCUT2D eigenvalue weighted by Crippen LogP contribution is 2.32. The molecule has 0 spiro atoms. The van der Waals surface area contributed by atoms with Gasteiger partial charge in [-0.2, -0.15) is 0 Å². The van der Waals surface area contributed by atoms with Gasteiger partial charge >= 0.3 is 0 Å². The number of ether oxygens (including phenoxy) is 2. The molecule has 2 aliphatic heterocycles. The Kier molecular flexibility index (Phi) is 8.08. The Morgan fingerprint density at radius 2 is 1.67 bits per heavy atom. The van der Waals surface area contributed by atoms with Gasteiger partial charge in [-0.1, -0.05) is 35.9 Å². The van der Waals surface area contributed by atoms with Crippen LogP contribution in [-0.2, 0) is 9.53 Å². The number of fused-ring (bicyclic) bond motifs is 1. The number of rotatable bonds is 6. The zero-order chi connectivity index (χ0) is 24.9. The third-order valence-electron chi connectivity index (χ3n) is 8.19. The minimum atomic E-state index is 0.0648. The van der Waals surface area contributed by atoms with E-state index in [0.717, 1.165) is 73.8 Å². The Bertz CT molecular complexity index is 1060. The van der Waals surface area contributed by atoms with Gasteiger partial charge in [0.25, 0.3) is 0 Å². The number of hydrogen-bond acceptors (Lipinski definition) is 4. The van der Waals surface area contributed by atoms with Gasteiger partial charge in [0, 0.05) is 49.4 Å². The van der Waals surface area contributed by atoms with E-state index in [1.165, 1.54) is 24.0 Å². The summed E-state index contributed by atoms with van der Waals surface area (Å²) in [6.07, 6.45) is 9.46. The highest BCUT2D eigenvalue weighted by Gasteiger charge is 2.27. The molecule has 1 aliphatic carbocycles. The molecule has 192 valence electrons. The molecule has 2 fully saturated rings. The fourth-order valence-corrected chi connectivity index (χ4v) is 5.88. The Hall–Kier alpha value is -2.63.